The number of hydrogen-bond acceptors (Lipinski definition) is 7. The van der Waals surface area contributed by atoms with E-state index >= 15 is 0 Å². The number of aliphatic carboxylic acids is 1. The van der Waals surface area contributed by atoms with Gasteiger partial charge in [-0.15, -0.1) is 11.3 Å². The Hall–Kier alpha value is -4.57. The monoisotopic (exact) mass is 666 g/mol. The lowest BCUT2D eigenvalue weighted by Gasteiger charge is -2.38. The number of carbonyl (C=O) groups is 3. The van der Waals surface area contributed by atoms with Crippen LogP contribution in [0.1, 0.15) is 73.0 Å². The van der Waals surface area contributed by atoms with E-state index in [9.17, 15) is 19.5 Å². The average Bonchev–Trinajstić information content (AvgIpc) is 3.57. The molecule has 6 rings (SSSR count). The Bertz CT molecular complexity index is 1730. The number of rotatable bonds is 10. The van der Waals surface area contributed by atoms with Crippen molar-refractivity contribution in [3.05, 3.63) is 88.4 Å². The smallest absolute Gasteiger partial charge is 0.310 e. The molecule has 2 fully saturated rings. The number of ether oxygens (including phenoxy) is 1. The maximum atomic E-state index is 13.5. The number of carboxylic acids is 1. The number of aromatic nitrogens is 2. The van der Waals surface area contributed by atoms with E-state index in [4.69, 9.17) is 4.74 Å². The standard InChI is InChI=1S/C38H42N4O5S/c1-38(2,3)33-18-17-32(48-33)35(43)41-31(36(44)42-22-28(23-42)37(45)46)19-24-9-11-26(12-10-24)34-39-20-27(21-40-34)25-13-15-30(16-14-25)47-29-7-5-4-6-8-29/h9-18,20-21,28-29,31H,4-8,19,22-23H2,1-3H3,(H,41,43)(H,45,46)/t31-/m0/s1. The number of hydrogen-bond donors (Lipinski definition) is 2. The van der Waals surface area contributed by atoms with Crippen molar-refractivity contribution in [1.29, 1.82) is 0 Å². The Morgan fingerprint density at radius 2 is 1.54 bits per heavy atom. The molecule has 2 aliphatic rings. The minimum absolute atomic E-state index is 0.0947. The number of benzene rings is 2. The Morgan fingerprint density at radius 1 is 0.896 bits per heavy atom. The zero-order valence-electron chi connectivity index (χ0n) is 27.6. The van der Waals surface area contributed by atoms with E-state index in [2.05, 4.69) is 36.1 Å². The number of carbonyl (C=O) groups excluding carboxylic acids is 2. The van der Waals surface area contributed by atoms with Crippen LogP contribution in [-0.4, -0.2) is 63.0 Å². The Kier molecular flexibility index (Phi) is 9.91. The van der Waals surface area contributed by atoms with Gasteiger partial charge in [0.1, 0.15) is 11.8 Å². The summed E-state index contributed by atoms with van der Waals surface area (Å²) in [5.74, 6) is -0.637. The molecule has 0 radical (unpaired) electrons. The minimum atomic E-state index is -0.920. The van der Waals surface area contributed by atoms with Gasteiger partial charge in [0.2, 0.25) is 5.91 Å². The van der Waals surface area contributed by atoms with Crippen LogP contribution in [0.5, 0.6) is 5.75 Å². The van der Waals surface area contributed by atoms with Gasteiger partial charge in [-0.1, -0.05) is 63.6 Å². The summed E-state index contributed by atoms with van der Waals surface area (Å²) >= 11 is 1.41. The lowest BCUT2D eigenvalue weighted by molar-refractivity contribution is -0.153. The topological polar surface area (TPSA) is 122 Å². The maximum absolute atomic E-state index is 13.5. The first-order valence-corrected chi connectivity index (χ1v) is 17.5. The summed E-state index contributed by atoms with van der Waals surface area (Å²) in [4.78, 5) is 50.4. The summed E-state index contributed by atoms with van der Waals surface area (Å²) in [5.41, 5.74) is 3.51. The summed E-state index contributed by atoms with van der Waals surface area (Å²) < 4.78 is 6.16. The molecule has 10 heteroatoms. The normalized spacial score (nSPS) is 16.2. The highest BCUT2D eigenvalue weighted by atomic mass is 32.1. The highest BCUT2D eigenvalue weighted by molar-refractivity contribution is 7.14. The Balaban J connectivity index is 1.11. The van der Waals surface area contributed by atoms with E-state index in [-0.39, 0.29) is 36.7 Å². The molecule has 1 aliphatic carbocycles. The third-order valence-corrected chi connectivity index (χ3v) is 10.6. The summed E-state index contributed by atoms with van der Waals surface area (Å²) in [5, 5.41) is 12.2. The number of amides is 2. The van der Waals surface area contributed by atoms with Crippen LogP contribution in [0.4, 0.5) is 0 Å². The second kappa shape index (κ2) is 14.3. The molecule has 2 aromatic carbocycles. The fraction of sp³-hybridized carbons (Fsp3) is 0.395. The van der Waals surface area contributed by atoms with Crippen LogP contribution >= 0.6 is 11.3 Å². The van der Waals surface area contributed by atoms with Crippen LogP contribution in [0, 0.1) is 5.92 Å². The van der Waals surface area contributed by atoms with Crippen LogP contribution in [0.25, 0.3) is 22.5 Å². The van der Waals surface area contributed by atoms with Crippen LogP contribution in [-0.2, 0) is 21.4 Å². The van der Waals surface area contributed by atoms with Crippen molar-refractivity contribution in [3.8, 4) is 28.3 Å². The first-order valence-electron chi connectivity index (χ1n) is 16.6. The molecule has 2 N–H and O–H groups in total. The number of nitrogens with one attached hydrogen (secondary N) is 1. The Morgan fingerprint density at radius 3 is 2.15 bits per heavy atom. The third-order valence-electron chi connectivity index (χ3n) is 9.06. The molecule has 1 saturated heterocycles. The molecule has 0 unspecified atom stereocenters. The molecule has 1 saturated carbocycles. The predicted molar refractivity (Wildman–Crippen MR) is 186 cm³/mol. The zero-order valence-corrected chi connectivity index (χ0v) is 28.5. The minimum Gasteiger partial charge on any atom is -0.490 e. The second-order valence-electron chi connectivity index (χ2n) is 13.8. The quantitative estimate of drug-likeness (QED) is 0.192. The van der Waals surface area contributed by atoms with Gasteiger partial charge < -0.3 is 20.1 Å². The van der Waals surface area contributed by atoms with Crippen LogP contribution in [0.3, 0.4) is 0 Å². The molecular weight excluding hydrogens is 625 g/mol. The highest BCUT2D eigenvalue weighted by Gasteiger charge is 2.39. The molecule has 9 nitrogen and oxygen atoms in total. The molecular formula is C38H42N4O5S. The van der Waals surface area contributed by atoms with E-state index in [0.29, 0.717) is 16.8 Å². The van der Waals surface area contributed by atoms with E-state index < -0.39 is 17.9 Å². The van der Waals surface area contributed by atoms with Crippen molar-refractivity contribution in [2.75, 3.05) is 13.1 Å². The lowest BCUT2D eigenvalue weighted by Crippen LogP contribution is -2.59. The maximum Gasteiger partial charge on any atom is 0.310 e. The number of likely N-dealkylation sites (tertiary alicyclic amines) is 1. The number of carboxylic acid groups (broad SMARTS) is 1. The average molecular weight is 667 g/mol. The SMILES string of the molecule is CC(C)(C)c1ccc(C(=O)N[C@@H](Cc2ccc(-c3ncc(-c4ccc(OC5CCCCC5)cc4)cn3)cc2)C(=O)N2CC(C(=O)O)C2)s1. The van der Waals surface area contributed by atoms with Crippen LogP contribution < -0.4 is 10.1 Å². The van der Waals surface area contributed by atoms with Gasteiger partial charge in [-0.2, -0.15) is 0 Å². The van der Waals surface area contributed by atoms with Crippen LogP contribution in [0.15, 0.2) is 73.1 Å². The third kappa shape index (κ3) is 7.93. The van der Waals surface area contributed by atoms with E-state index in [1.54, 1.807) is 6.07 Å². The number of nitrogens with zero attached hydrogens (tertiary/aromatic N) is 3. The van der Waals surface area contributed by atoms with Gasteiger partial charge in [0, 0.05) is 47.9 Å². The summed E-state index contributed by atoms with van der Waals surface area (Å²) in [6.07, 6.45) is 10.2. The van der Waals surface area contributed by atoms with Crippen molar-refractivity contribution < 1.29 is 24.2 Å². The molecule has 3 heterocycles. The fourth-order valence-electron chi connectivity index (χ4n) is 6.08. The van der Waals surface area contributed by atoms with Gasteiger partial charge in [0.15, 0.2) is 5.82 Å². The molecule has 0 spiro atoms. The van der Waals surface area contributed by atoms with E-state index in [1.807, 2.05) is 67.0 Å². The van der Waals surface area contributed by atoms with Crippen molar-refractivity contribution in [2.24, 2.45) is 5.92 Å². The van der Waals surface area contributed by atoms with Gasteiger partial charge in [0.25, 0.3) is 5.91 Å². The molecule has 48 heavy (non-hydrogen) atoms. The molecule has 1 aliphatic heterocycles. The predicted octanol–water partition coefficient (Wildman–Crippen LogP) is 6.77. The second-order valence-corrected chi connectivity index (χ2v) is 14.9. The van der Waals surface area contributed by atoms with Gasteiger partial charge >= 0.3 is 5.97 Å². The van der Waals surface area contributed by atoms with Gasteiger partial charge in [-0.05, 0) is 66.5 Å². The molecule has 4 aromatic rings. The van der Waals surface area contributed by atoms with Crippen LogP contribution in [0.2, 0.25) is 0 Å². The largest absolute Gasteiger partial charge is 0.490 e. The van der Waals surface area contributed by atoms with Crippen molar-refractivity contribution in [1.82, 2.24) is 20.2 Å². The lowest BCUT2D eigenvalue weighted by atomic mass is 9.95. The molecule has 1 atom stereocenters. The highest BCUT2D eigenvalue weighted by Crippen LogP contribution is 2.30. The zero-order chi connectivity index (χ0) is 33.8. The first-order chi connectivity index (χ1) is 23.0. The van der Waals surface area contributed by atoms with Crippen molar-refractivity contribution in [2.45, 2.75) is 76.9 Å². The van der Waals surface area contributed by atoms with E-state index in [0.717, 1.165) is 45.7 Å². The van der Waals surface area contributed by atoms with Crippen molar-refractivity contribution >= 4 is 29.1 Å². The molecule has 2 amide bonds. The molecule has 2 aromatic heterocycles. The van der Waals surface area contributed by atoms with E-state index in [1.165, 1.54) is 35.5 Å². The summed E-state index contributed by atoms with van der Waals surface area (Å²) in [7, 11) is 0. The number of thiophene rings is 1. The first kappa shape index (κ1) is 33.3. The van der Waals surface area contributed by atoms with Gasteiger partial charge in [-0.25, -0.2) is 9.97 Å². The fourth-order valence-corrected chi connectivity index (χ4v) is 7.05. The molecule has 0 bridgehead atoms. The van der Waals surface area contributed by atoms with Gasteiger partial charge in [0.05, 0.1) is 16.9 Å². The summed E-state index contributed by atoms with van der Waals surface area (Å²) in [6, 6.07) is 18.6. The Labute approximate surface area is 285 Å². The van der Waals surface area contributed by atoms with Crippen molar-refractivity contribution in [3.63, 3.8) is 0 Å². The van der Waals surface area contributed by atoms with Gasteiger partial charge in [-0.3, -0.25) is 14.4 Å². The molecule has 250 valence electrons. The summed E-state index contributed by atoms with van der Waals surface area (Å²) in [6.45, 7) is 6.54.